The topological polar surface area (TPSA) is 119 Å². The minimum Gasteiger partial charge on any atom is -0.467 e. The molecule has 136 valence electrons. The second-order valence-electron chi connectivity index (χ2n) is 5.94. The number of nitrogens with zero attached hydrogens (tertiary/aromatic N) is 2. The quantitative estimate of drug-likeness (QED) is 0.561. The minimum atomic E-state index is -1.07. The number of esters is 1. The number of aryl methyl sites for hydroxylation is 2. The lowest BCUT2D eigenvalue weighted by atomic mass is 9.98. The van der Waals surface area contributed by atoms with E-state index < -0.39 is 35.3 Å². The highest BCUT2D eigenvalue weighted by Gasteiger charge is 2.46. The van der Waals surface area contributed by atoms with E-state index >= 15 is 0 Å². The normalized spacial score (nSPS) is 18.8. The highest BCUT2D eigenvalue weighted by Crippen LogP contribution is 2.13. The van der Waals surface area contributed by atoms with Gasteiger partial charge in [0.15, 0.2) is 6.04 Å². The predicted octanol–water partition coefficient (Wildman–Crippen LogP) is -0.505. The van der Waals surface area contributed by atoms with Crippen molar-refractivity contribution < 1.29 is 19.1 Å². The molecule has 1 fully saturated rings. The number of nitrogens with one attached hydrogen (secondary N) is 2. The molecule has 1 aliphatic rings. The lowest BCUT2D eigenvalue weighted by Crippen LogP contribution is -2.72. The molecule has 2 aromatic heterocycles. The van der Waals surface area contributed by atoms with Crippen molar-refractivity contribution in [3.05, 3.63) is 39.8 Å². The first kappa shape index (κ1) is 17.6. The third kappa shape index (κ3) is 2.81. The van der Waals surface area contributed by atoms with Gasteiger partial charge in [0.25, 0.3) is 5.91 Å². The summed E-state index contributed by atoms with van der Waals surface area (Å²) in [6.45, 7) is 4.18. The molecule has 26 heavy (non-hydrogen) atoms. The van der Waals surface area contributed by atoms with Crippen LogP contribution in [0.5, 0.6) is 0 Å². The number of hydrogen-bond donors (Lipinski definition) is 2. The smallest absolute Gasteiger partial charge is 0.331 e. The van der Waals surface area contributed by atoms with Crippen LogP contribution >= 0.6 is 0 Å². The van der Waals surface area contributed by atoms with Gasteiger partial charge >= 0.3 is 5.97 Å². The number of methoxy groups -OCH3 is 1. The van der Waals surface area contributed by atoms with Crippen LogP contribution in [0.1, 0.15) is 23.0 Å². The van der Waals surface area contributed by atoms with Gasteiger partial charge < -0.3 is 19.9 Å². The van der Waals surface area contributed by atoms with Gasteiger partial charge in [0.05, 0.1) is 12.5 Å². The van der Waals surface area contributed by atoms with Crippen LogP contribution in [0.4, 0.5) is 0 Å². The first-order valence-electron chi connectivity index (χ1n) is 8.07. The summed E-state index contributed by atoms with van der Waals surface area (Å²) in [6.07, 6.45) is 1.41. The van der Waals surface area contributed by atoms with Crippen molar-refractivity contribution in [1.82, 2.24) is 20.2 Å². The summed E-state index contributed by atoms with van der Waals surface area (Å²) in [4.78, 5) is 52.9. The number of ether oxygens (including phenoxy) is 1. The highest BCUT2D eigenvalue weighted by molar-refractivity contribution is 6.05. The van der Waals surface area contributed by atoms with Crippen molar-refractivity contribution in [1.29, 1.82) is 0 Å². The van der Waals surface area contributed by atoms with Crippen molar-refractivity contribution in [2.24, 2.45) is 0 Å². The molecule has 0 aromatic carbocycles. The Labute approximate surface area is 148 Å². The maximum Gasteiger partial charge on any atom is 0.331 e. The maximum atomic E-state index is 12.7. The van der Waals surface area contributed by atoms with E-state index in [1.54, 1.807) is 16.7 Å². The molecule has 0 bridgehead atoms. The van der Waals surface area contributed by atoms with Gasteiger partial charge in [-0.05, 0) is 26.0 Å². The Morgan fingerprint density at radius 2 is 2.08 bits per heavy atom. The molecule has 3 rings (SSSR count). The number of amides is 2. The van der Waals surface area contributed by atoms with E-state index in [1.165, 1.54) is 13.3 Å². The Morgan fingerprint density at radius 1 is 1.35 bits per heavy atom. The minimum absolute atomic E-state index is 0.117. The van der Waals surface area contributed by atoms with E-state index in [0.717, 1.165) is 5.69 Å². The molecule has 0 unspecified atom stereocenters. The summed E-state index contributed by atoms with van der Waals surface area (Å²) >= 11 is 0. The van der Waals surface area contributed by atoms with Crippen LogP contribution in [-0.2, 0) is 20.9 Å². The van der Waals surface area contributed by atoms with E-state index in [2.05, 4.69) is 20.4 Å². The number of β-lactam (4-membered cyclic amide) rings is 1. The summed E-state index contributed by atoms with van der Waals surface area (Å²) in [7, 11) is 1.18. The predicted molar refractivity (Wildman–Crippen MR) is 91.6 cm³/mol. The number of hydrogen-bond acceptors (Lipinski definition) is 6. The Hall–Kier alpha value is -3.23. The van der Waals surface area contributed by atoms with Crippen LogP contribution < -0.4 is 16.1 Å². The van der Waals surface area contributed by atoms with Gasteiger partial charge in [-0.1, -0.05) is 0 Å². The number of pyridine rings is 2. The maximum absolute atomic E-state index is 12.7. The molecule has 0 saturated carbocycles. The Bertz CT molecular complexity index is 981. The molecule has 2 N–H and O–H groups in total. The van der Waals surface area contributed by atoms with Gasteiger partial charge in [-0.2, -0.15) is 0 Å². The first-order valence-corrected chi connectivity index (χ1v) is 8.07. The largest absolute Gasteiger partial charge is 0.467 e. The van der Waals surface area contributed by atoms with E-state index in [1.807, 2.05) is 13.8 Å². The van der Waals surface area contributed by atoms with Crippen molar-refractivity contribution in [2.45, 2.75) is 32.5 Å². The number of aromatic nitrogens is 2. The number of fused-ring (bicyclic) bond motifs is 1. The Kier molecular flexibility index (Phi) is 4.45. The van der Waals surface area contributed by atoms with Crippen LogP contribution in [-0.4, -0.2) is 46.5 Å². The summed E-state index contributed by atoms with van der Waals surface area (Å²) in [5.74, 6) is -1.91. The fourth-order valence-electron chi connectivity index (χ4n) is 2.83. The second kappa shape index (κ2) is 6.58. The molecule has 0 aliphatic carbocycles. The van der Waals surface area contributed by atoms with Gasteiger partial charge in [0.1, 0.15) is 17.3 Å². The van der Waals surface area contributed by atoms with E-state index in [9.17, 15) is 19.2 Å². The van der Waals surface area contributed by atoms with Gasteiger partial charge in [0, 0.05) is 18.4 Å². The van der Waals surface area contributed by atoms with Crippen LogP contribution in [0.3, 0.4) is 0 Å². The van der Waals surface area contributed by atoms with Crippen LogP contribution in [0.25, 0.3) is 11.0 Å². The summed E-state index contributed by atoms with van der Waals surface area (Å²) in [5, 5.41) is 5.09. The van der Waals surface area contributed by atoms with Crippen molar-refractivity contribution in [3.63, 3.8) is 0 Å². The zero-order chi connectivity index (χ0) is 19.0. The summed E-state index contributed by atoms with van der Waals surface area (Å²) in [6, 6.07) is 1.28. The van der Waals surface area contributed by atoms with Gasteiger partial charge in [-0.25, -0.2) is 9.78 Å². The molecule has 0 spiro atoms. The molecular weight excluding hydrogens is 340 g/mol. The van der Waals surface area contributed by atoms with E-state index in [-0.39, 0.29) is 5.56 Å². The van der Waals surface area contributed by atoms with E-state index in [0.29, 0.717) is 17.6 Å². The Morgan fingerprint density at radius 3 is 2.69 bits per heavy atom. The molecule has 9 nitrogen and oxygen atoms in total. The fraction of sp³-hybridized carbons (Fsp3) is 0.353. The van der Waals surface area contributed by atoms with Gasteiger partial charge in [0.2, 0.25) is 11.3 Å². The summed E-state index contributed by atoms with van der Waals surface area (Å²) < 4.78 is 6.26. The van der Waals surface area contributed by atoms with Crippen molar-refractivity contribution in [2.75, 3.05) is 7.11 Å². The molecule has 9 heteroatoms. The second-order valence-corrected chi connectivity index (χ2v) is 5.94. The van der Waals surface area contributed by atoms with Crippen LogP contribution in [0.2, 0.25) is 0 Å². The number of carbonyl (C=O) groups is 3. The summed E-state index contributed by atoms with van der Waals surface area (Å²) in [5.41, 5.74) is 0.642. The van der Waals surface area contributed by atoms with Crippen molar-refractivity contribution in [3.8, 4) is 0 Å². The zero-order valence-corrected chi connectivity index (χ0v) is 14.5. The SMILES string of the molecule is CCn1cc(C(=O)N[C@@H]2C(=O)N[C@@H]2C(=O)OC)c(=O)c2ccc(C)nc21. The average molecular weight is 358 g/mol. The molecule has 2 amide bonds. The molecule has 1 aliphatic heterocycles. The lowest BCUT2D eigenvalue weighted by Gasteiger charge is -2.34. The van der Waals surface area contributed by atoms with Gasteiger partial charge in [-0.15, -0.1) is 0 Å². The molecular formula is C17H18N4O5. The number of carbonyl (C=O) groups excluding carboxylic acids is 3. The Balaban J connectivity index is 1.97. The van der Waals surface area contributed by atoms with Crippen molar-refractivity contribution >= 4 is 28.8 Å². The third-order valence-electron chi connectivity index (χ3n) is 4.30. The standard InChI is InChI=1S/C17H18N4O5/c1-4-21-7-10(13(22)9-6-5-8(2)18-14(9)21)15(23)19-11-12(17(25)26-3)20-16(11)24/h5-7,11-12H,4H2,1-3H3,(H,19,23)(H,20,24)/t11-,12-/m0/s1. The third-order valence-corrected chi connectivity index (χ3v) is 4.30. The molecule has 1 saturated heterocycles. The van der Waals surface area contributed by atoms with Gasteiger partial charge in [-0.3, -0.25) is 14.4 Å². The molecule has 2 aromatic rings. The highest BCUT2D eigenvalue weighted by atomic mass is 16.5. The molecule has 3 heterocycles. The first-order chi connectivity index (χ1) is 12.4. The number of rotatable bonds is 4. The zero-order valence-electron chi connectivity index (χ0n) is 14.5. The molecule has 2 atom stereocenters. The monoisotopic (exact) mass is 358 g/mol. The lowest BCUT2D eigenvalue weighted by molar-refractivity contribution is -0.152. The fourth-order valence-corrected chi connectivity index (χ4v) is 2.83. The van der Waals surface area contributed by atoms with Crippen LogP contribution in [0.15, 0.2) is 23.1 Å². The molecule has 0 radical (unpaired) electrons. The van der Waals surface area contributed by atoms with E-state index in [4.69, 9.17) is 0 Å². The van der Waals surface area contributed by atoms with Crippen LogP contribution in [0, 0.1) is 6.92 Å². The average Bonchev–Trinajstić information content (AvgIpc) is 2.63.